The molecule has 1 amide bonds. The molecule has 1 aromatic heterocycles. The van der Waals surface area contributed by atoms with E-state index in [-0.39, 0.29) is 5.91 Å². The molecule has 8 heteroatoms. The number of nitrogens with zero attached hydrogens (tertiary/aromatic N) is 3. The van der Waals surface area contributed by atoms with Crippen LogP contribution in [0.4, 0.5) is 4.39 Å². The van der Waals surface area contributed by atoms with Gasteiger partial charge in [0.25, 0.3) is 5.91 Å². The maximum absolute atomic E-state index is 14.0. The number of rotatable bonds is 9. The molecule has 0 saturated heterocycles. The molecule has 0 saturated carbocycles. The first kappa shape index (κ1) is 22.4. The van der Waals surface area contributed by atoms with Crippen molar-refractivity contribution in [3.05, 3.63) is 53.8 Å². The van der Waals surface area contributed by atoms with Crippen LogP contribution in [0.1, 0.15) is 36.5 Å². The molecule has 0 spiro atoms. The number of hydrogen-bond donors (Lipinski definition) is 1. The third-order valence-corrected chi connectivity index (χ3v) is 5.31. The third kappa shape index (κ3) is 5.16. The number of hydrogen-bond acceptors (Lipinski definition) is 6. The van der Waals surface area contributed by atoms with Crippen molar-refractivity contribution in [3.63, 3.8) is 0 Å². The second-order valence-electron chi connectivity index (χ2n) is 7.54. The molecule has 0 aliphatic carbocycles. The molecule has 4 rings (SSSR count). The molecular weight excluding hydrogens is 423 g/mol. The fourth-order valence-corrected chi connectivity index (χ4v) is 3.69. The number of amides is 1. The lowest BCUT2D eigenvalue weighted by molar-refractivity contribution is 0.0953. The fraction of sp³-hybridized carbons (Fsp3) is 0.280. The number of halogens is 1. The molecule has 0 radical (unpaired) electrons. The Labute approximate surface area is 191 Å². The van der Waals surface area contributed by atoms with Crippen molar-refractivity contribution in [3.8, 4) is 22.8 Å². The lowest BCUT2D eigenvalue weighted by atomic mass is 10.1. The molecule has 7 nitrogen and oxygen atoms in total. The molecule has 1 aliphatic heterocycles. The maximum atomic E-state index is 14.0. The van der Waals surface area contributed by atoms with Gasteiger partial charge in [-0.15, -0.1) is 0 Å². The Morgan fingerprint density at radius 2 is 2.03 bits per heavy atom. The summed E-state index contributed by atoms with van der Waals surface area (Å²) in [7, 11) is 1.52. The summed E-state index contributed by atoms with van der Waals surface area (Å²) < 4.78 is 25.2. The van der Waals surface area contributed by atoms with Gasteiger partial charge in [0.2, 0.25) is 0 Å². The van der Waals surface area contributed by atoms with Gasteiger partial charge in [-0.1, -0.05) is 0 Å². The Balaban J connectivity index is 1.60. The van der Waals surface area contributed by atoms with Crippen LogP contribution in [0.25, 0.3) is 22.2 Å². The predicted molar refractivity (Wildman–Crippen MR) is 127 cm³/mol. The Kier molecular flexibility index (Phi) is 6.92. The van der Waals surface area contributed by atoms with Crippen LogP contribution in [0.5, 0.6) is 11.5 Å². The monoisotopic (exact) mass is 448 g/mol. The van der Waals surface area contributed by atoms with Crippen molar-refractivity contribution in [2.45, 2.75) is 26.2 Å². The van der Waals surface area contributed by atoms with E-state index in [9.17, 15) is 9.18 Å². The Morgan fingerprint density at radius 1 is 1.15 bits per heavy atom. The summed E-state index contributed by atoms with van der Waals surface area (Å²) in [5.74, 6) is 0.524. The number of methoxy groups -OCH3 is 1. The van der Waals surface area contributed by atoms with Crippen molar-refractivity contribution in [1.29, 1.82) is 0 Å². The van der Waals surface area contributed by atoms with Gasteiger partial charge in [-0.25, -0.2) is 9.37 Å². The quantitative estimate of drug-likeness (QED) is 0.477. The van der Waals surface area contributed by atoms with Crippen molar-refractivity contribution in [2.24, 2.45) is 10.2 Å². The smallest absolute Gasteiger partial charge is 0.251 e. The first-order chi connectivity index (χ1) is 16.1. The van der Waals surface area contributed by atoms with E-state index in [1.807, 2.05) is 13.0 Å². The van der Waals surface area contributed by atoms with Crippen LogP contribution < -0.4 is 14.8 Å². The lowest BCUT2D eigenvalue weighted by Crippen LogP contribution is -2.24. The minimum absolute atomic E-state index is 0.185. The van der Waals surface area contributed by atoms with Crippen LogP contribution in [0, 0.1) is 5.82 Å². The molecule has 3 aromatic rings. The Bertz CT molecular complexity index is 1240. The highest BCUT2D eigenvalue weighted by molar-refractivity contribution is 6.00. The minimum atomic E-state index is -0.395. The number of fused-ring (bicyclic) bond motifs is 1. The average Bonchev–Trinajstić information content (AvgIpc) is 3.35. The lowest BCUT2D eigenvalue weighted by Gasteiger charge is -2.13. The van der Waals surface area contributed by atoms with Crippen molar-refractivity contribution in [2.75, 3.05) is 20.3 Å². The number of nitrogens with one attached hydrogen (secondary N) is 1. The van der Waals surface area contributed by atoms with E-state index in [4.69, 9.17) is 14.5 Å². The standard InChI is InChI=1S/C25H25FN4O3/c1-3-33-24-15-22(20-14-17(26)7-9-23(20)32-2)29-21-13-16(6-8-19(21)24)25(31)27-11-4-5-18-10-12-28-30-18/h6-9,12-15H,3-5,10-11H2,1-2H3,(H,27,31). The molecule has 0 bridgehead atoms. The van der Waals surface area contributed by atoms with Gasteiger partial charge < -0.3 is 14.8 Å². The number of benzene rings is 2. The molecule has 2 aromatic carbocycles. The van der Waals surface area contributed by atoms with E-state index < -0.39 is 5.82 Å². The summed E-state index contributed by atoms with van der Waals surface area (Å²) in [5, 5.41) is 11.6. The fourth-order valence-electron chi connectivity index (χ4n) is 3.69. The highest BCUT2D eigenvalue weighted by Crippen LogP contribution is 2.35. The first-order valence-electron chi connectivity index (χ1n) is 10.9. The molecule has 1 aliphatic rings. The normalized spacial score (nSPS) is 12.6. The van der Waals surface area contributed by atoms with Crippen LogP contribution >= 0.6 is 0 Å². The topological polar surface area (TPSA) is 85.2 Å². The van der Waals surface area contributed by atoms with Gasteiger partial charge in [0.1, 0.15) is 17.3 Å². The molecule has 0 fully saturated rings. The summed E-state index contributed by atoms with van der Waals surface area (Å²) in [6.07, 6.45) is 4.15. The van der Waals surface area contributed by atoms with Crippen LogP contribution in [0.2, 0.25) is 0 Å². The Morgan fingerprint density at radius 3 is 2.79 bits per heavy atom. The SMILES string of the molecule is CCOc1cc(-c2cc(F)ccc2OC)nc2cc(C(=O)NCCCC3=NN=CC3)ccc12. The molecule has 33 heavy (non-hydrogen) atoms. The summed E-state index contributed by atoms with van der Waals surface area (Å²) in [5.41, 5.74) is 3.10. The highest BCUT2D eigenvalue weighted by atomic mass is 19.1. The number of ether oxygens (including phenoxy) is 2. The Hall–Kier alpha value is -3.81. The van der Waals surface area contributed by atoms with Crippen LogP contribution in [0.3, 0.4) is 0 Å². The van der Waals surface area contributed by atoms with Gasteiger partial charge in [0.15, 0.2) is 0 Å². The summed E-state index contributed by atoms with van der Waals surface area (Å²) in [6, 6.07) is 11.3. The van der Waals surface area contributed by atoms with Gasteiger partial charge in [0.05, 0.1) is 24.9 Å². The van der Waals surface area contributed by atoms with Gasteiger partial charge in [-0.2, -0.15) is 10.2 Å². The minimum Gasteiger partial charge on any atom is -0.496 e. The van der Waals surface area contributed by atoms with E-state index >= 15 is 0 Å². The molecule has 2 heterocycles. The highest BCUT2D eigenvalue weighted by Gasteiger charge is 2.15. The van der Waals surface area contributed by atoms with Crippen LogP contribution in [0.15, 0.2) is 52.7 Å². The number of pyridine rings is 1. The number of aromatic nitrogens is 1. The zero-order valence-electron chi connectivity index (χ0n) is 18.6. The molecule has 170 valence electrons. The summed E-state index contributed by atoms with van der Waals surface area (Å²) in [4.78, 5) is 17.4. The van der Waals surface area contributed by atoms with E-state index in [2.05, 4.69) is 15.5 Å². The van der Waals surface area contributed by atoms with Gasteiger partial charge in [0, 0.05) is 47.5 Å². The summed E-state index contributed by atoms with van der Waals surface area (Å²) >= 11 is 0. The van der Waals surface area contributed by atoms with Gasteiger partial charge >= 0.3 is 0 Å². The van der Waals surface area contributed by atoms with Crippen LogP contribution in [-0.2, 0) is 0 Å². The first-order valence-corrected chi connectivity index (χ1v) is 10.9. The van der Waals surface area contributed by atoms with Crippen LogP contribution in [-0.4, -0.2) is 43.1 Å². The molecular formula is C25H25FN4O3. The largest absolute Gasteiger partial charge is 0.496 e. The van der Waals surface area contributed by atoms with E-state index in [1.54, 1.807) is 30.5 Å². The molecule has 1 N–H and O–H groups in total. The maximum Gasteiger partial charge on any atom is 0.251 e. The molecule has 0 unspecified atom stereocenters. The second-order valence-corrected chi connectivity index (χ2v) is 7.54. The van der Waals surface area contributed by atoms with Gasteiger partial charge in [-0.05, 0) is 56.2 Å². The van der Waals surface area contributed by atoms with Crippen molar-refractivity contribution in [1.82, 2.24) is 10.3 Å². The number of carbonyl (C=O) groups is 1. The van der Waals surface area contributed by atoms with Gasteiger partial charge in [-0.3, -0.25) is 4.79 Å². The van der Waals surface area contributed by atoms with E-state index in [0.717, 1.165) is 30.4 Å². The summed E-state index contributed by atoms with van der Waals surface area (Å²) in [6.45, 7) is 2.88. The van der Waals surface area contributed by atoms with Crippen molar-refractivity contribution < 1.29 is 18.7 Å². The van der Waals surface area contributed by atoms with Crippen molar-refractivity contribution >= 4 is 28.7 Å². The number of carbonyl (C=O) groups excluding carboxylic acids is 1. The zero-order chi connectivity index (χ0) is 23.2. The third-order valence-electron chi connectivity index (χ3n) is 5.31. The second kappa shape index (κ2) is 10.2. The van der Waals surface area contributed by atoms with E-state index in [1.165, 1.54) is 19.2 Å². The molecule has 0 atom stereocenters. The van der Waals surface area contributed by atoms with E-state index in [0.29, 0.717) is 47.0 Å². The zero-order valence-corrected chi connectivity index (χ0v) is 18.6. The average molecular weight is 448 g/mol. The predicted octanol–water partition coefficient (Wildman–Crippen LogP) is 4.79.